The predicted molar refractivity (Wildman–Crippen MR) is 51.3 cm³/mol. The minimum atomic E-state index is -2.89. The summed E-state index contributed by atoms with van der Waals surface area (Å²) in [6, 6.07) is 4.25. The van der Waals surface area contributed by atoms with Crippen molar-refractivity contribution in [2.75, 3.05) is 7.05 Å². The average Bonchev–Trinajstić information content (AvgIpc) is 2.08. The van der Waals surface area contributed by atoms with Crippen LogP contribution in [0.15, 0.2) is 18.2 Å². The Balaban J connectivity index is 2.92. The van der Waals surface area contributed by atoms with E-state index in [9.17, 15) is 8.78 Å². The minimum absolute atomic E-state index is 0.00954. The summed E-state index contributed by atoms with van der Waals surface area (Å²) in [6.45, 7) is -2.84. The van der Waals surface area contributed by atoms with E-state index in [1.807, 2.05) is 0 Å². The van der Waals surface area contributed by atoms with Crippen molar-refractivity contribution in [3.63, 3.8) is 0 Å². The second kappa shape index (κ2) is 5.25. The van der Waals surface area contributed by atoms with Crippen LogP contribution in [0, 0.1) is 0 Å². The Labute approximate surface area is 90.8 Å². The molecule has 0 bridgehead atoms. The molecule has 1 aromatic rings. The number of alkyl halides is 2. The summed E-state index contributed by atoms with van der Waals surface area (Å²) in [5.41, 5.74) is 0.396. The van der Waals surface area contributed by atoms with Crippen LogP contribution in [-0.2, 0) is 6.54 Å². The quantitative estimate of drug-likeness (QED) is 0.818. The summed E-state index contributed by atoms with van der Waals surface area (Å²) < 4.78 is 28.3. The van der Waals surface area contributed by atoms with Gasteiger partial charge in [-0.25, -0.2) is 0 Å². The first-order chi connectivity index (χ1) is 6.99. The van der Waals surface area contributed by atoms with Crippen molar-refractivity contribution in [2.45, 2.75) is 13.2 Å². The first-order valence-corrected chi connectivity index (χ1v) is 4.50. The van der Waals surface area contributed by atoms with E-state index in [1.165, 1.54) is 25.2 Å². The van der Waals surface area contributed by atoms with Gasteiger partial charge in [0.05, 0.1) is 6.54 Å². The molecule has 3 nitrogen and oxygen atoms in total. The predicted octanol–water partition coefficient (Wildman–Crippen LogP) is 2.76. The molecule has 0 radical (unpaired) electrons. The molecule has 1 aromatic carbocycles. The van der Waals surface area contributed by atoms with E-state index in [-0.39, 0.29) is 12.3 Å². The van der Waals surface area contributed by atoms with Crippen molar-refractivity contribution >= 4 is 11.6 Å². The molecule has 84 valence electrons. The van der Waals surface area contributed by atoms with Crippen LogP contribution in [0.3, 0.4) is 0 Å². The lowest BCUT2D eigenvalue weighted by Gasteiger charge is -2.13. The van der Waals surface area contributed by atoms with E-state index in [0.717, 1.165) is 5.06 Å². The smallest absolute Gasteiger partial charge is 0.387 e. The van der Waals surface area contributed by atoms with Crippen LogP contribution >= 0.6 is 11.6 Å². The highest BCUT2D eigenvalue weighted by Gasteiger charge is 2.11. The monoisotopic (exact) mass is 237 g/mol. The molecule has 6 heteroatoms. The van der Waals surface area contributed by atoms with E-state index in [2.05, 4.69) is 4.74 Å². The number of rotatable bonds is 4. The maximum Gasteiger partial charge on any atom is 0.387 e. The summed E-state index contributed by atoms with van der Waals surface area (Å²) in [4.78, 5) is 0. The molecule has 0 atom stereocenters. The molecule has 0 spiro atoms. The van der Waals surface area contributed by atoms with Gasteiger partial charge < -0.3 is 9.94 Å². The average molecular weight is 238 g/mol. The standard InChI is InChI=1S/C9H10ClF2NO2/c1-13(14)5-6-4-7(10)2-3-8(6)15-9(11)12/h2-4,9,14H,5H2,1H3. The molecule has 0 aliphatic rings. The van der Waals surface area contributed by atoms with Crippen LogP contribution in [0.5, 0.6) is 5.75 Å². The Morgan fingerprint density at radius 3 is 2.73 bits per heavy atom. The number of hydrogen-bond acceptors (Lipinski definition) is 3. The summed E-state index contributed by atoms with van der Waals surface area (Å²) in [6.07, 6.45) is 0. The van der Waals surface area contributed by atoms with Gasteiger partial charge in [-0.3, -0.25) is 0 Å². The third-order valence-corrected chi connectivity index (χ3v) is 1.87. The molecular formula is C9H10ClF2NO2. The minimum Gasteiger partial charge on any atom is -0.434 e. The number of ether oxygens (including phenoxy) is 1. The molecule has 0 fully saturated rings. The lowest BCUT2D eigenvalue weighted by Crippen LogP contribution is -2.13. The van der Waals surface area contributed by atoms with Gasteiger partial charge in [0.15, 0.2) is 0 Å². The Morgan fingerprint density at radius 2 is 2.20 bits per heavy atom. The van der Waals surface area contributed by atoms with Gasteiger partial charge in [0.1, 0.15) is 5.75 Å². The Kier molecular flexibility index (Phi) is 4.26. The summed E-state index contributed by atoms with van der Waals surface area (Å²) in [5.74, 6) is 0.00954. The van der Waals surface area contributed by atoms with Crippen LogP contribution in [0.4, 0.5) is 8.78 Å². The number of hydrogen-bond donors (Lipinski definition) is 1. The van der Waals surface area contributed by atoms with Gasteiger partial charge in [0, 0.05) is 17.6 Å². The van der Waals surface area contributed by atoms with E-state index >= 15 is 0 Å². The lowest BCUT2D eigenvalue weighted by atomic mass is 10.2. The molecular weight excluding hydrogens is 228 g/mol. The second-order valence-electron chi connectivity index (χ2n) is 2.95. The van der Waals surface area contributed by atoms with Crippen LogP contribution < -0.4 is 4.74 Å². The SMILES string of the molecule is CN(O)Cc1cc(Cl)ccc1OC(F)F. The van der Waals surface area contributed by atoms with Crippen molar-refractivity contribution in [1.29, 1.82) is 0 Å². The molecule has 1 N–H and O–H groups in total. The maximum absolute atomic E-state index is 12.0. The van der Waals surface area contributed by atoms with Gasteiger partial charge in [-0.05, 0) is 18.2 Å². The second-order valence-corrected chi connectivity index (χ2v) is 3.38. The van der Waals surface area contributed by atoms with Crippen LogP contribution in [0.2, 0.25) is 5.02 Å². The zero-order chi connectivity index (χ0) is 11.4. The molecule has 1 rings (SSSR count). The van der Waals surface area contributed by atoms with E-state index in [1.54, 1.807) is 0 Å². The van der Waals surface area contributed by atoms with Crippen molar-refractivity contribution in [3.8, 4) is 5.75 Å². The number of nitrogens with zero attached hydrogens (tertiary/aromatic N) is 1. The van der Waals surface area contributed by atoms with Crippen molar-refractivity contribution in [1.82, 2.24) is 5.06 Å². The van der Waals surface area contributed by atoms with Crippen LogP contribution in [-0.4, -0.2) is 23.9 Å². The Hall–Kier alpha value is -0.910. The molecule has 0 saturated heterocycles. The van der Waals surface area contributed by atoms with Crippen LogP contribution in [0.25, 0.3) is 0 Å². The zero-order valence-corrected chi connectivity index (χ0v) is 8.71. The zero-order valence-electron chi connectivity index (χ0n) is 7.95. The molecule has 15 heavy (non-hydrogen) atoms. The van der Waals surface area contributed by atoms with Gasteiger partial charge in [0.25, 0.3) is 0 Å². The van der Waals surface area contributed by atoms with Crippen molar-refractivity contribution in [2.24, 2.45) is 0 Å². The largest absolute Gasteiger partial charge is 0.434 e. The highest BCUT2D eigenvalue weighted by molar-refractivity contribution is 6.30. The Morgan fingerprint density at radius 1 is 1.53 bits per heavy atom. The number of benzene rings is 1. The highest BCUT2D eigenvalue weighted by Crippen LogP contribution is 2.25. The van der Waals surface area contributed by atoms with Crippen molar-refractivity contribution < 1.29 is 18.7 Å². The first-order valence-electron chi connectivity index (χ1n) is 4.12. The van der Waals surface area contributed by atoms with Gasteiger partial charge in [-0.1, -0.05) is 11.6 Å². The molecule has 0 unspecified atom stereocenters. The highest BCUT2D eigenvalue weighted by atomic mass is 35.5. The summed E-state index contributed by atoms with van der Waals surface area (Å²) in [7, 11) is 1.40. The maximum atomic E-state index is 12.0. The molecule has 0 saturated carbocycles. The third-order valence-electron chi connectivity index (χ3n) is 1.64. The number of hydroxylamine groups is 2. The fraction of sp³-hybridized carbons (Fsp3) is 0.333. The summed E-state index contributed by atoms with van der Waals surface area (Å²) >= 11 is 5.69. The fourth-order valence-corrected chi connectivity index (χ4v) is 1.32. The first kappa shape index (κ1) is 12.2. The molecule has 0 amide bonds. The van der Waals surface area contributed by atoms with Gasteiger partial charge in [0.2, 0.25) is 0 Å². The van der Waals surface area contributed by atoms with E-state index in [0.29, 0.717) is 10.6 Å². The van der Waals surface area contributed by atoms with Gasteiger partial charge in [-0.2, -0.15) is 13.8 Å². The van der Waals surface area contributed by atoms with Crippen LogP contribution in [0.1, 0.15) is 5.56 Å². The Bertz CT molecular complexity index is 334. The molecule has 0 aliphatic carbocycles. The van der Waals surface area contributed by atoms with Gasteiger partial charge >= 0.3 is 6.61 Å². The van der Waals surface area contributed by atoms with Gasteiger partial charge in [-0.15, -0.1) is 0 Å². The topological polar surface area (TPSA) is 32.7 Å². The number of halogens is 3. The van der Waals surface area contributed by atoms with E-state index < -0.39 is 6.61 Å². The molecule has 0 aromatic heterocycles. The fourth-order valence-electron chi connectivity index (χ4n) is 1.13. The lowest BCUT2D eigenvalue weighted by molar-refractivity contribution is -0.0774. The molecule has 0 heterocycles. The molecule has 0 aliphatic heterocycles. The third kappa shape index (κ3) is 3.99. The van der Waals surface area contributed by atoms with Crippen molar-refractivity contribution in [3.05, 3.63) is 28.8 Å². The summed E-state index contributed by atoms with van der Waals surface area (Å²) in [5, 5.41) is 10.3. The van der Waals surface area contributed by atoms with E-state index in [4.69, 9.17) is 16.8 Å². The normalized spacial score (nSPS) is 11.1.